The number of amides is 2. The number of imidazole rings is 1. The molecule has 7 nitrogen and oxygen atoms in total. The molecule has 166 valence electrons. The third-order valence-electron chi connectivity index (χ3n) is 5.67. The van der Waals surface area contributed by atoms with Crippen molar-refractivity contribution in [1.29, 1.82) is 0 Å². The Morgan fingerprint density at radius 1 is 1.06 bits per heavy atom. The lowest BCUT2D eigenvalue weighted by atomic mass is 10.1. The number of carbonyl (C=O) groups excluding carboxylic acids is 2. The Hall–Kier alpha value is -4.13. The summed E-state index contributed by atoms with van der Waals surface area (Å²) in [6.07, 6.45) is 0.925. The predicted molar refractivity (Wildman–Crippen MR) is 127 cm³/mol. The highest BCUT2D eigenvalue weighted by molar-refractivity contribution is 6.06. The number of benzene rings is 3. The lowest BCUT2D eigenvalue weighted by molar-refractivity contribution is -0.127. The van der Waals surface area contributed by atoms with Crippen LogP contribution >= 0.6 is 0 Å². The van der Waals surface area contributed by atoms with Gasteiger partial charge in [0.2, 0.25) is 5.91 Å². The molecule has 4 aromatic rings. The second-order valence-electron chi connectivity index (χ2n) is 8.10. The molecule has 0 saturated heterocycles. The van der Waals surface area contributed by atoms with Crippen LogP contribution in [0.15, 0.2) is 72.8 Å². The first-order valence-electron chi connectivity index (χ1n) is 11.0. The number of anilines is 2. The van der Waals surface area contributed by atoms with E-state index in [2.05, 4.69) is 15.3 Å². The average molecular weight is 441 g/mol. The van der Waals surface area contributed by atoms with Gasteiger partial charge in [-0.3, -0.25) is 14.5 Å². The first-order valence-corrected chi connectivity index (χ1v) is 11.0. The van der Waals surface area contributed by atoms with E-state index in [-0.39, 0.29) is 18.4 Å². The fraction of sp³-hybridized carbons (Fsp3) is 0.192. The van der Waals surface area contributed by atoms with Gasteiger partial charge in [0.15, 0.2) is 6.10 Å². The van der Waals surface area contributed by atoms with Crippen molar-refractivity contribution >= 4 is 34.2 Å². The molecule has 2 N–H and O–H groups in total. The standard InChI is InChI=1S/C26H24N4O3/c1-17-26(32)30(22-11-4-5-12-23(22)33-17)16-25(31)27-19-8-6-7-18(15-19)13-14-24-28-20-9-2-3-10-21(20)29-24/h2-12,15,17H,13-14,16H2,1H3,(H,27,31)(H,28,29). The van der Waals surface area contributed by atoms with E-state index >= 15 is 0 Å². The normalized spacial score (nSPS) is 15.2. The van der Waals surface area contributed by atoms with Gasteiger partial charge in [-0.1, -0.05) is 36.4 Å². The summed E-state index contributed by atoms with van der Waals surface area (Å²) in [6, 6.07) is 23.0. The van der Waals surface area contributed by atoms with Gasteiger partial charge in [0.05, 0.1) is 16.7 Å². The maximum absolute atomic E-state index is 12.8. The number of H-pyrrole nitrogens is 1. The topological polar surface area (TPSA) is 87.3 Å². The Morgan fingerprint density at radius 2 is 1.88 bits per heavy atom. The van der Waals surface area contributed by atoms with Gasteiger partial charge in [-0.15, -0.1) is 0 Å². The third kappa shape index (κ3) is 4.43. The van der Waals surface area contributed by atoms with E-state index in [9.17, 15) is 9.59 Å². The number of hydrogen-bond acceptors (Lipinski definition) is 4. The molecule has 0 bridgehead atoms. The van der Waals surface area contributed by atoms with E-state index in [1.165, 1.54) is 4.90 Å². The molecule has 3 aromatic carbocycles. The van der Waals surface area contributed by atoms with E-state index in [0.29, 0.717) is 17.1 Å². The highest BCUT2D eigenvalue weighted by Crippen LogP contribution is 2.33. The molecular formula is C26H24N4O3. The van der Waals surface area contributed by atoms with Gasteiger partial charge >= 0.3 is 0 Å². The molecule has 1 unspecified atom stereocenters. The van der Waals surface area contributed by atoms with Crippen molar-refractivity contribution in [3.05, 3.63) is 84.2 Å². The molecular weight excluding hydrogens is 416 g/mol. The zero-order valence-corrected chi connectivity index (χ0v) is 18.2. The zero-order valence-electron chi connectivity index (χ0n) is 18.2. The molecule has 2 amide bonds. The summed E-state index contributed by atoms with van der Waals surface area (Å²) in [5.74, 6) is 1.04. The van der Waals surface area contributed by atoms with E-state index in [1.54, 1.807) is 19.1 Å². The number of aromatic amines is 1. The van der Waals surface area contributed by atoms with E-state index in [0.717, 1.165) is 35.3 Å². The van der Waals surface area contributed by atoms with Crippen LogP contribution in [0.5, 0.6) is 5.75 Å². The highest BCUT2D eigenvalue weighted by Gasteiger charge is 2.32. The molecule has 1 aliphatic rings. The second kappa shape index (κ2) is 8.78. The number of rotatable bonds is 6. The Morgan fingerprint density at radius 3 is 2.76 bits per heavy atom. The number of ether oxygens (including phenoxy) is 1. The first-order chi connectivity index (χ1) is 16.1. The van der Waals surface area contributed by atoms with Crippen LogP contribution in [0.2, 0.25) is 0 Å². The lowest BCUT2D eigenvalue weighted by Gasteiger charge is -2.32. The van der Waals surface area contributed by atoms with Crippen molar-refractivity contribution in [3.63, 3.8) is 0 Å². The molecule has 33 heavy (non-hydrogen) atoms. The zero-order chi connectivity index (χ0) is 22.8. The quantitative estimate of drug-likeness (QED) is 0.473. The van der Waals surface area contributed by atoms with Gasteiger partial charge in [0, 0.05) is 12.1 Å². The Labute approximate surface area is 191 Å². The summed E-state index contributed by atoms with van der Waals surface area (Å²) >= 11 is 0. The SMILES string of the molecule is CC1Oc2ccccc2N(CC(=O)Nc2cccc(CCc3nc4ccccc4[nH]3)c2)C1=O. The van der Waals surface area contributed by atoms with E-state index in [1.807, 2.05) is 60.7 Å². The average Bonchev–Trinajstić information content (AvgIpc) is 3.24. The smallest absolute Gasteiger partial charge is 0.268 e. The molecule has 0 saturated carbocycles. The summed E-state index contributed by atoms with van der Waals surface area (Å²) in [5, 5.41) is 2.92. The minimum Gasteiger partial charge on any atom is -0.479 e. The number of nitrogens with zero attached hydrogens (tertiary/aromatic N) is 2. The fourth-order valence-corrected chi connectivity index (χ4v) is 4.06. The molecule has 0 aliphatic carbocycles. The molecule has 7 heteroatoms. The fourth-order valence-electron chi connectivity index (χ4n) is 4.06. The number of nitrogens with one attached hydrogen (secondary N) is 2. The van der Waals surface area contributed by atoms with Crippen LogP contribution in [-0.2, 0) is 22.4 Å². The highest BCUT2D eigenvalue weighted by atomic mass is 16.5. The van der Waals surface area contributed by atoms with Gasteiger partial charge in [0.25, 0.3) is 5.91 Å². The van der Waals surface area contributed by atoms with Crippen molar-refractivity contribution in [2.24, 2.45) is 0 Å². The van der Waals surface area contributed by atoms with Gasteiger partial charge < -0.3 is 15.0 Å². The summed E-state index contributed by atoms with van der Waals surface area (Å²) < 4.78 is 5.64. The maximum atomic E-state index is 12.8. The lowest BCUT2D eigenvalue weighted by Crippen LogP contribution is -2.47. The van der Waals surface area contributed by atoms with Gasteiger partial charge in [0.1, 0.15) is 18.1 Å². The van der Waals surface area contributed by atoms with Crippen molar-refractivity contribution in [1.82, 2.24) is 9.97 Å². The van der Waals surface area contributed by atoms with E-state index < -0.39 is 6.10 Å². The van der Waals surface area contributed by atoms with Crippen molar-refractivity contribution in [2.75, 3.05) is 16.8 Å². The summed E-state index contributed by atoms with van der Waals surface area (Å²) in [6.45, 7) is 1.61. The number of carbonyl (C=O) groups is 2. The molecule has 0 radical (unpaired) electrons. The van der Waals surface area contributed by atoms with E-state index in [4.69, 9.17) is 4.74 Å². The van der Waals surface area contributed by atoms with Crippen LogP contribution in [0.3, 0.4) is 0 Å². The minimum absolute atomic E-state index is 0.0766. The summed E-state index contributed by atoms with van der Waals surface area (Å²) in [7, 11) is 0. The molecule has 5 rings (SSSR count). The monoisotopic (exact) mass is 440 g/mol. The number of aryl methyl sites for hydroxylation is 2. The molecule has 1 atom stereocenters. The second-order valence-corrected chi connectivity index (χ2v) is 8.10. The number of hydrogen-bond donors (Lipinski definition) is 2. The van der Waals surface area contributed by atoms with Gasteiger partial charge in [-0.05, 0) is 55.3 Å². The number of fused-ring (bicyclic) bond motifs is 2. The van der Waals surface area contributed by atoms with Crippen LogP contribution < -0.4 is 15.0 Å². The predicted octanol–water partition coefficient (Wildman–Crippen LogP) is 4.10. The summed E-state index contributed by atoms with van der Waals surface area (Å²) in [5.41, 5.74) is 4.39. The molecule has 0 spiro atoms. The summed E-state index contributed by atoms with van der Waals surface area (Å²) in [4.78, 5) is 34.8. The largest absolute Gasteiger partial charge is 0.479 e. The number of para-hydroxylation sites is 4. The van der Waals surface area contributed by atoms with Crippen LogP contribution in [0.25, 0.3) is 11.0 Å². The Bertz CT molecular complexity index is 1300. The first kappa shape index (κ1) is 20.8. The van der Waals surface area contributed by atoms with Crippen LogP contribution in [-0.4, -0.2) is 34.4 Å². The molecule has 1 aromatic heterocycles. The Kier molecular flexibility index (Phi) is 5.52. The van der Waals surface area contributed by atoms with Crippen LogP contribution in [0.1, 0.15) is 18.3 Å². The van der Waals surface area contributed by atoms with Gasteiger partial charge in [-0.25, -0.2) is 4.98 Å². The van der Waals surface area contributed by atoms with Crippen LogP contribution in [0.4, 0.5) is 11.4 Å². The number of aromatic nitrogens is 2. The molecule has 0 fully saturated rings. The third-order valence-corrected chi connectivity index (χ3v) is 5.67. The van der Waals surface area contributed by atoms with Crippen LogP contribution in [0, 0.1) is 0 Å². The van der Waals surface area contributed by atoms with Crippen molar-refractivity contribution < 1.29 is 14.3 Å². The minimum atomic E-state index is -0.630. The van der Waals surface area contributed by atoms with Gasteiger partial charge in [-0.2, -0.15) is 0 Å². The maximum Gasteiger partial charge on any atom is 0.268 e. The molecule has 1 aliphatic heterocycles. The molecule has 2 heterocycles. The van der Waals surface area contributed by atoms with Crippen molar-refractivity contribution in [3.8, 4) is 5.75 Å². The Balaban J connectivity index is 1.24. The van der Waals surface area contributed by atoms with Crippen molar-refractivity contribution in [2.45, 2.75) is 25.9 Å².